The van der Waals surface area contributed by atoms with Crippen molar-refractivity contribution in [3.8, 4) is 5.75 Å². The molecule has 0 aliphatic carbocycles. The minimum atomic E-state index is -0.796. The maximum atomic E-state index is 12.2. The normalized spacial score (nSPS) is 13.0. The summed E-state index contributed by atoms with van der Waals surface area (Å²) >= 11 is 0. The van der Waals surface area contributed by atoms with Crippen LogP contribution < -0.4 is 10.3 Å². The van der Waals surface area contributed by atoms with Crippen LogP contribution in [0.25, 0.3) is 0 Å². The molecule has 1 atom stereocenters. The molecule has 5 heteroatoms. The molecule has 2 rings (SSSR count). The molecule has 0 radical (unpaired) electrons. The van der Waals surface area contributed by atoms with Gasteiger partial charge in [0.25, 0.3) is 5.56 Å². The average Bonchev–Trinajstić information content (AvgIpc) is 2.48. The van der Waals surface area contributed by atoms with E-state index in [-0.39, 0.29) is 17.5 Å². The summed E-state index contributed by atoms with van der Waals surface area (Å²) in [5.74, 6) is 0.671. The summed E-state index contributed by atoms with van der Waals surface area (Å²) in [7, 11) is 1.57. The molecule has 0 fully saturated rings. The fourth-order valence-corrected chi connectivity index (χ4v) is 2.11. The van der Waals surface area contributed by atoms with Crippen molar-refractivity contribution in [3.05, 3.63) is 58.3 Å². The number of hydrogen-bond donors (Lipinski definition) is 1. The number of aromatic nitrogens is 2. The Morgan fingerprint density at radius 2 is 2.05 bits per heavy atom. The highest BCUT2D eigenvalue weighted by Crippen LogP contribution is 2.21. The van der Waals surface area contributed by atoms with E-state index >= 15 is 0 Å². The second-order valence-electron chi connectivity index (χ2n) is 6.31. The molecule has 0 unspecified atom stereocenters. The van der Waals surface area contributed by atoms with Gasteiger partial charge in [-0.3, -0.25) is 9.36 Å². The Bertz CT molecular complexity index is 702. The van der Waals surface area contributed by atoms with Crippen LogP contribution >= 0.6 is 0 Å². The third kappa shape index (κ3) is 3.74. The van der Waals surface area contributed by atoms with Crippen LogP contribution in [0.4, 0.5) is 0 Å². The second kappa shape index (κ2) is 6.32. The quantitative estimate of drug-likeness (QED) is 0.941. The van der Waals surface area contributed by atoms with Gasteiger partial charge in [0.2, 0.25) is 0 Å². The molecular weight excluding hydrogens is 280 g/mol. The maximum Gasteiger partial charge on any atom is 0.253 e. The number of rotatable bonds is 4. The van der Waals surface area contributed by atoms with Gasteiger partial charge in [-0.2, -0.15) is 0 Å². The van der Waals surface area contributed by atoms with Crippen LogP contribution in [0.1, 0.15) is 38.1 Å². The van der Waals surface area contributed by atoms with Crippen LogP contribution in [0.2, 0.25) is 0 Å². The zero-order valence-corrected chi connectivity index (χ0v) is 13.4. The molecule has 5 nitrogen and oxygen atoms in total. The standard InChI is InChI=1S/C17H22N2O3/c1-17(2,3)15-9-16(21)19(11-18-15)10-14(20)12-6-5-7-13(8-12)22-4/h5-9,11,14,20H,10H2,1-4H3/t14-/m0/s1. The predicted molar refractivity (Wildman–Crippen MR) is 85.2 cm³/mol. The number of methoxy groups -OCH3 is 1. The number of benzene rings is 1. The van der Waals surface area contributed by atoms with Gasteiger partial charge in [0, 0.05) is 11.5 Å². The van der Waals surface area contributed by atoms with E-state index in [0.29, 0.717) is 11.3 Å². The van der Waals surface area contributed by atoms with Crippen LogP contribution in [0.15, 0.2) is 41.5 Å². The van der Waals surface area contributed by atoms with Gasteiger partial charge in [-0.25, -0.2) is 4.98 Å². The summed E-state index contributed by atoms with van der Waals surface area (Å²) < 4.78 is 6.56. The zero-order valence-electron chi connectivity index (χ0n) is 13.4. The van der Waals surface area contributed by atoms with Crippen molar-refractivity contribution in [1.82, 2.24) is 9.55 Å². The first-order chi connectivity index (χ1) is 10.3. The molecule has 118 valence electrons. The minimum Gasteiger partial charge on any atom is -0.497 e. The summed E-state index contributed by atoms with van der Waals surface area (Å²) in [5, 5.41) is 10.3. The van der Waals surface area contributed by atoms with Crippen molar-refractivity contribution >= 4 is 0 Å². The molecule has 2 aromatic rings. The average molecular weight is 302 g/mol. The molecule has 0 bridgehead atoms. The van der Waals surface area contributed by atoms with Crippen LogP contribution in [0.3, 0.4) is 0 Å². The first kappa shape index (κ1) is 16.2. The number of ether oxygens (including phenoxy) is 1. The Balaban J connectivity index is 2.21. The van der Waals surface area contributed by atoms with Gasteiger partial charge in [0.1, 0.15) is 5.75 Å². The number of nitrogens with zero attached hydrogens (tertiary/aromatic N) is 2. The number of hydrogen-bond acceptors (Lipinski definition) is 4. The van der Waals surface area contributed by atoms with Crippen LogP contribution in [0, 0.1) is 0 Å². The van der Waals surface area contributed by atoms with Crippen LogP contribution in [-0.2, 0) is 12.0 Å². The zero-order chi connectivity index (χ0) is 16.3. The lowest BCUT2D eigenvalue weighted by Gasteiger charge is -2.18. The van der Waals surface area contributed by atoms with E-state index in [1.807, 2.05) is 26.8 Å². The fourth-order valence-electron chi connectivity index (χ4n) is 2.11. The van der Waals surface area contributed by atoms with Crippen molar-refractivity contribution < 1.29 is 9.84 Å². The third-order valence-corrected chi connectivity index (χ3v) is 3.50. The lowest BCUT2D eigenvalue weighted by Crippen LogP contribution is -2.26. The van der Waals surface area contributed by atoms with E-state index in [9.17, 15) is 9.90 Å². The molecule has 22 heavy (non-hydrogen) atoms. The summed E-state index contributed by atoms with van der Waals surface area (Å²) in [6, 6.07) is 8.70. The number of aliphatic hydroxyl groups excluding tert-OH is 1. The van der Waals surface area contributed by atoms with Gasteiger partial charge in [-0.05, 0) is 17.7 Å². The molecular formula is C17H22N2O3. The van der Waals surface area contributed by atoms with Gasteiger partial charge in [-0.1, -0.05) is 32.9 Å². The van der Waals surface area contributed by atoms with Gasteiger partial charge in [-0.15, -0.1) is 0 Å². The summed E-state index contributed by atoms with van der Waals surface area (Å²) in [4.78, 5) is 16.5. The van der Waals surface area contributed by atoms with Crippen molar-refractivity contribution in [2.24, 2.45) is 0 Å². The maximum absolute atomic E-state index is 12.2. The van der Waals surface area contributed by atoms with E-state index in [1.54, 1.807) is 25.3 Å². The Hall–Kier alpha value is -2.14. The van der Waals surface area contributed by atoms with E-state index in [0.717, 1.165) is 5.69 Å². The Kier molecular flexibility index (Phi) is 4.66. The molecule has 0 saturated carbocycles. The molecule has 1 N–H and O–H groups in total. The Labute approximate surface area is 130 Å². The lowest BCUT2D eigenvalue weighted by atomic mass is 9.92. The monoisotopic (exact) mass is 302 g/mol. The highest BCUT2D eigenvalue weighted by molar-refractivity contribution is 5.29. The first-order valence-electron chi connectivity index (χ1n) is 7.20. The van der Waals surface area contributed by atoms with Gasteiger partial charge in [0.15, 0.2) is 0 Å². The number of aliphatic hydroxyl groups is 1. The lowest BCUT2D eigenvalue weighted by molar-refractivity contribution is 0.154. The van der Waals surface area contributed by atoms with Crippen molar-refractivity contribution in [3.63, 3.8) is 0 Å². The molecule has 0 aliphatic heterocycles. The summed E-state index contributed by atoms with van der Waals surface area (Å²) in [5.41, 5.74) is 1.10. The third-order valence-electron chi connectivity index (χ3n) is 3.50. The van der Waals surface area contributed by atoms with E-state index < -0.39 is 6.10 Å². The first-order valence-corrected chi connectivity index (χ1v) is 7.20. The molecule has 0 spiro atoms. The molecule has 0 amide bonds. The van der Waals surface area contributed by atoms with Crippen molar-refractivity contribution in [2.75, 3.05) is 7.11 Å². The second-order valence-corrected chi connectivity index (χ2v) is 6.31. The van der Waals surface area contributed by atoms with E-state index in [1.165, 1.54) is 17.0 Å². The van der Waals surface area contributed by atoms with Gasteiger partial charge in [0.05, 0.1) is 31.8 Å². The smallest absolute Gasteiger partial charge is 0.253 e. The predicted octanol–water partition coefficient (Wildman–Crippen LogP) is 2.28. The summed E-state index contributed by atoms with van der Waals surface area (Å²) in [6.45, 7) is 6.17. The Morgan fingerprint density at radius 1 is 1.32 bits per heavy atom. The van der Waals surface area contributed by atoms with Gasteiger partial charge >= 0.3 is 0 Å². The largest absolute Gasteiger partial charge is 0.497 e. The summed E-state index contributed by atoms with van der Waals surface area (Å²) in [6.07, 6.45) is 0.696. The molecule has 1 aromatic heterocycles. The Morgan fingerprint density at radius 3 is 2.64 bits per heavy atom. The van der Waals surface area contributed by atoms with Crippen molar-refractivity contribution in [2.45, 2.75) is 38.8 Å². The topological polar surface area (TPSA) is 64.3 Å². The van der Waals surface area contributed by atoms with E-state index in [4.69, 9.17) is 4.74 Å². The highest BCUT2D eigenvalue weighted by atomic mass is 16.5. The van der Waals surface area contributed by atoms with E-state index in [2.05, 4.69) is 4.98 Å². The highest BCUT2D eigenvalue weighted by Gasteiger charge is 2.17. The SMILES string of the molecule is COc1cccc([C@@H](O)Cn2cnc(C(C)(C)C)cc2=O)c1. The molecule has 0 saturated heterocycles. The van der Waals surface area contributed by atoms with Crippen molar-refractivity contribution in [1.29, 1.82) is 0 Å². The molecule has 0 aliphatic rings. The van der Waals surface area contributed by atoms with Crippen LogP contribution in [-0.4, -0.2) is 21.8 Å². The molecule has 1 heterocycles. The fraction of sp³-hybridized carbons (Fsp3) is 0.412. The molecule has 1 aromatic carbocycles. The van der Waals surface area contributed by atoms with Gasteiger partial charge < -0.3 is 9.84 Å². The minimum absolute atomic E-state index is 0.156. The van der Waals surface area contributed by atoms with Crippen LogP contribution in [0.5, 0.6) is 5.75 Å².